The number of rotatable bonds is 39. The third-order valence-electron chi connectivity index (χ3n) is 14.5. The van der Waals surface area contributed by atoms with Gasteiger partial charge < -0.3 is 58.4 Å². The van der Waals surface area contributed by atoms with Gasteiger partial charge in [0.15, 0.2) is 0 Å². The van der Waals surface area contributed by atoms with Crippen molar-refractivity contribution >= 4 is 63.1 Å². The summed E-state index contributed by atoms with van der Waals surface area (Å²) < 4.78 is 117. The molecule has 0 aliphatic heterocycles. The highest BCUT2D eigenvalue weighted by Gasteiger charge is 2.68. The summed E-state index contributed by atoms with van der Waals surface area (Å²) in [6.45, 7) is 6.21. The smallest absolute Gasteiger partial charge is 0.377 e. The molecule has 1 amide bonds. The molecule has 0 radical (unpaired) electrons. The van der Waals surface area contributed by atoms with E-state index in [2.05, 4.69) is 18.4 Å². The number of halogens is 3. The summed E-state index contributed by atoms with van der Waals surface area (Å²) in [4.78, 5) is 27.7. The third kappa shape index (κ3) is 18.1. The lowest BCUT2D eigenvalue weighted by Gasteiger charge is -2.43. The van der Waals surface area contributed by atoms with E-state index in [9.17, 15) is 9.59 Å². The first-order valence-electron chi connectivity index (χ1n) is 23.5. The summed E-state index contributed by atoms with van der Waals surface area (Å²) in [6.07, 6.45) is 3.78. The molecule has 1 aliphatic rings. The first-order chi connectivity index (χ1) is 31.1. The number of hydrogen-bond acceptors (Lipinski definition) is 14. The molecule has 0 bridgehead atoms. The topological polar surface area (TPSA) is 157 Å². The quantitative estimate of drug-likeness (QED) is 0.0460. The zero-order valence-electron chi connectivity index (χ0n) is 43.4. The maximum absolute atomic E-state index is 17.1. The molecule has 0 heterocycles. The van der Waals surface area contributed by atoms with Crippen LogP contribution >= 0.6 is 0 Å². The molecule has 1 N–H and O–H groups in total. The zero-order chi connectivity index (χ0) is 50.4. The van der Waals surface area contributed by atoms with E-state index >= 15 is 13.2 Å². The second-order valence-corrected chi connectivity index (χ2v) is 41.4. The molecule has 1 saturated carbocycles. The Morgan fingerprint density at radius 2 is 0.788 bits per heavy atom. The normalized spacial score (nSPS) is 19.9. The predicted molar refractivity (Wildman–Crippen MR) is 264 cm³/mol. The van der Waals surface area contributed by atoms with E-state index in [1.165, 1.54) is 0 Å². The molecule has 0 spiro atoms. The van der Waals surface area contributed by atoms with Gasteiger partial charge >= 0.3 is 35.2 Å². The summed E-state index contributed by atoms with van der Waals surface area (Å²) in [5.74, 6) is -8.42. The number of unbranched alkanes of at least 4 members (excludes halogenated alkanes) is 1. The number of carbonyl (C=O) groups is 2. The Labute approximate surface area is 402 Å². The minimum absolute atomic E-state index is 0.00809. The van der Waals surface area contributed by atoms with Crippen molar-refractivity contribution in [2.24, 2.45) is 11.8 Å². The van der Waals surface area contributed by atoms with E-state index in [-0.39, 0.29) is 19.4 Å². The molecule has 15 nitrogen and oxygen atoms in total. The maximum atomic E-state index is 17.1. The molecule has 24 heteroatoms. The highest BCUT2D eigenvalue weighted by Crippen LogP contribution is 2.51. The van der Waals surface area contributed by atoms with Crippen molar-refractivity contribution in [2.75, 3.05) is 91.9 Å². The van der Waals surface area contributed by atoms with Gasteiger partial charge in [0.1, 0.15) is 5.78 Å². The second kappa shape index (κ2) is 29.9. The Morgan fingerprint density at radius 1 is 0.485 bits per heavy atom. The van der Waals surface area contributed by atoms with Gasteiger partial charge in [-0.15, -0.1) is 0 Å². The number of nitrogens with one attached hydrogen (secondary N) is 1. The highest BCUT2D eigenvalue weighted by atomic mass is 28.4. The fourth-order valence-electron chi connectivity index (χ4n) is 9.94. The maximum Gasteiger partial charge on any atom is 0.500 e. The van der Waals surface area contributed by atoms with Crippen LogP contribution in [0.25, 0.3) is 0 Å². The lowest BCUT2D eigenvalue weighted by Crippen LogP contribution is -2.64. The number of ketones is 1. The summed E-state index contributed by atoms with van der Waals surface area (Å²) in [6, 6.07) is 7.85. The van der Waals surface area contributed by atoms with Crippen LogP contribution in [0.3, 0.4) is 0 Å². The van der Waals surface area contributed by atoms with Gasteiger partial charge in [-0.05, 0) is 25.2 Å². The summed E-state index contributed by atoms with van der Waals surface area (Å²) in [7, 11) is 3.87. The Morgan fingerprint density at radius 3 is 1.11 bits per heavy atom. The number of alkyl halides is 3. The predicted octanol–water partition coefficient (Wildman–Crippen LogP) is 8.85. The lowest BCUT2D eigenvalue weighted by molar-refractivity contribution is -0.204. The van der Waals surface area contributed by atoms with Crippen LogP contribution in [0, 0.1) is 11.8 Å². The van der Waals surface area contributed by atoms with Crippen molar-refractivity contribution in [3.05, 3.63) is 0 Å². The second-order valence-electron chi connectivity index (χ2n) is 18.8. The molecule has 0 saturated heterocycles. The van der Waals surface area contributed by atoms with E-state index in [1.807, 2.05) is 0 Å². The average Bonchev–Trinajstić information content (AvgIpc) is 3.31. The van der Waals surface area contributed by atoms with Gasteiger partial charge in [0.25, 0.3) is 17.5 Å². The lowest BCUT2D eigenvalue weighted by atomic mass is 9.67. The van der Waals surface area contributed by atoms with Crippen LogP contribution in [-0.4, -0.2) is 167 Å². The Hall–Kier alpha value is -0.249. The number of Topliss-reactive ketones (excluding diaryl/α,β-unsaturated/α-hetero) is 1. The largest absolute Gasteiger partial charge is 0.500 e. The Balaban J connectivity index is 3.15. The van der Waals surface area contributed by atoms with Gasteiger partial charge in [-0.1, -0.05) is 88.4 Å². The van der Waals surface area contributed by atoms with E-state index in [1.54, 1.807) is 92.2 Å². The first-order valence-corrected chi connectivity index (χ1v) is 37.5. The Kier molecular flexibility index (Phi) is 28.9. The summed E-state index contributed by atoms with van der Waals surface area (Å²) in [5, 5.41) is 2.54. The minimum Gasteiger partial charge on any atom is -0.377 e. The molecule has 0 aromatic rings. The minimum atomic E-state index is -4.01. The van der Waals surface area contributed by atoms with Gasteiger partial charge in [0.2, 0.25) is 0 Å². The number of amides is 1. The van der Waals surface area contributed by atoms with Crippen LogP contribution in [0.15, 0.2) is 0 Å². The molecular weight excluding hydrogens is 968 g/mol. The van der Waals surface area contributed by atoms with Crippen LogP contribution in [-0.2, 0) is 62.7 Å². The van der Waals surface area contributed by atoms with Crippen LogP contribution in [0.5, 0.6) is 0 Å². The first kappa shape index (κ1) is 63.8. The molecule has 0 aromatic heterocycles. The molecule has 66 heavy (non-hydrogen) atoms. The molecule has 1 fully saturated rings. The molecule has 3 unspecified atom stereocenters. The van der Waals surface area contributed by atoms with E-state index < -0.39 is 92.9 Å². The molecule has 1 aliphatic carbocycles. The molecule has 392 valence electrons. The monoisotopic (exact) mass is 1060 g/mol. The van der Waals surface area contributed by atoms with Gasteiger partial charge in [0, 0.05) is 129 Å². The molecule has 1 rings (SSSR count). The summed E-state index contributed by atoms with van der Waals surface area (Å²) >= 11 is 0. The molecular formula is C42H90F3NO14Si6. The van der Waals surface area contributed by atoms with Crippen LogP contribution in [0.1, 0.15) is 71.1 Å². The fraction of sp³-hybridized carbons (Fsp3) is 0.952. The van der Waals surface area contributed by atoms with E-state index in [4.69, 9.17) is 53.1 Å². The molecule has 0 aromatic carbocycles. The van der Waals surface area contributed by atoms with Gasteiger partial charge in [-0.3, -0.25) is 9.59 Å². The van der Waals surface area contributed by atoms with Crippen molar-refractivity contribution < 1.29 is 75.9 Å². The standard InChI is InChI=1S/C42H90F3NO14Si6/c1-37-35-38(39(47)23-16-17-25-61(14,27-19-31-63(49-2,50-3)51-4)28-20-32-64(52-5,53-6)54-7)42(45,41(43,44)36-37)40(48)46-24-18-26-62(15,29-21-33-65(55-8,56-9)57-10)30-22-34-66(58-11,59-12)60-13/h37-38H,16-36H2,1-15H3,(H,46,48). The summed E-state index contributed by atoms with van der Waals surface area (Å²) in [5.41, 5.74) is -3.65. The van der Waals surface area contributed by atoms with Gasteiger partial charge in [-0.25, -0.2) is 13.2 Å². The van der Waals surface area contributed by atoms with Gasteiger partial charge in [0.05, 0.1) is 22.1 Å². The highest BCUT2D eigenvalue weighted by molar-refractivity contribution is 6.79. The SMILES string of the molecule is CO[Si](CCC[Si](C)(CCCCC(=O)C1CC(C)CC(F)(F)C1(F)C(=O)NCCC[Si](C)(CCC[Si](OC)(OC)OC)CCC[Si](OC)(OC)OC)CCC[Si](OC)(OC)OC)(OC)OC. The van der Waals surface area contributed by atoms with Crippen molar-refractivity contribution in [2.45, 2.75) is 156 Å². The van der Waals surface area contributed by atoms with Crippen molar-refractivity contribution in [1.29, 1.82) is 0 Å². The van der Waals surface area contributed by atoms with Crippen LogP contribution < -0.4 is 5.32 Å². The number of carbonyl (C=O) groups excluding carboxylic acids is 2. The number of hydrogen-bond donors (Lipinski definition) is 1. The molecule has 3 atom stereocenters. The third-order valence-corrected chi connectivity index (χ3v) is 35.1. The zero-order valence-corrected chi connectivity index (χ0v) is 49.4. The fourth-order valence-corrected chi connectivity index (χ4v) is 26.0. The van der Waals surface area contributed by atoms with E-state index in [0.29, 0.717) is 43.4 Å². The van der Waals surface area contributed by atoms with Crippen molar-refractivity contribution in [3.63, 3.8) is 0 Å². The van der Waals surface area contributed by atoms with Gasteiger partial charge in [-0.2, -0.15) is 0 Å². The Bertz CT molecular complexity index is 1300. The van der Waals surface area contributed by atoms with Crippen LogP contribution in [0.4, 0.5) is 13.2 Å². The van der Waals surface area contributed by atoms with E-state index in [0.717, 1.165) is 61.9 Å². The van der Waals surface area contributed by atoms with Crippen molar-refractivity contribution in [3.8, 4) is 0 Å². The van der Waals surface area contributed by atoms with Crippen molar-refractivity contribution in [1.82, 2.24) is 5.32 Å². The van der Waals surface area contributed by atoms with Crippen LogP contribution in [0.2, 0.25) is 73.5 Å². The average molecular weight is 1060 g/mol.